The van der Waals surface area contributed by atoms with Crippen LogP contribution < -0.4 is 5.32 Å². The maximum atomic E-state index is 12.8. The van der Waals surface area contributed by atoms with Crippen LogP contribution in [-0.4, -0.2) is 46.3 Å². The third-order valence-corrected chi connectivity index (χ3v) is 4.13. The van der Waals surface area contributed by atoms with Gasteiger partial charge in [0.25, 0.3) is 0 Å². The van der Waals surface area contributed by atoms with Gasteiger partial charge in [0.1, 0.15) is 5.54 Å². The molecule has 8 heteroatoms. The fourth-order valence-electron chi connectivity index (χ4n) is 2.58. The van der Waals surface area contributed by atoms with Crippen LogP contribution in [0.3, 0.4) is 0 Å². The SMILES string of the molecule is CC1CC(C(=O)O)CCN1C(=O)NC1(C(F)(F)F)CC1. The quantitative estimate of drug-likeness (QED) is 0.818. The van der Waals surface area contributed by atoms with E-state index in [-0.39, 0.29) is 38.3 Å². The summed E-state index contributed by atoms with van der Waals surface area (Å²) < 4.78 is 38.3. The van der Waals surface area contributed by atoms with Crippen LogP contribution >= 0.6 is 0 Å². The van der Waals surface area contributed by atoms with Gasteiger partial charge in [-0.25, -0.2) is 4.79 Å². The first-order valence-electron chi connectivity index (χ1n) is 6.54. The van der Waals surface area contributed by atoms with Crippen LogP contribution in [0.5, 0.6) is 0 Å². The lowest BCUT2D eigenvalue weighted by molar-refractivity contribution is -0.163. The van der Waals surface area contributed by atoms with E-state index in [1.54, 1.807) is 6.92 Å². The zero-order valence-electron chi connectivity index (χ0n) is 11.0. The Balaban J connectivity index is 1.96. The molecule has 2 rings (SSSR count). The number of amides is 2. The molecule has 0 spiro atoms. The van der Waals surface area contributed by atoms with E-state index in [1.165, 1.54) is 4.90 Å². The van der Waals surface area contributed by atoms with Crippen LogP contribution in [-0.2, 0) is 4.79 Å². The summed E-state index contributed by atoms with van der Waals surface area (Å²) in [6.07, 6.45) is -4.09. The average Bonchev–Trinajstić information content (AvgIpc) is 3.08. The molecule has 2 amide bonds. The smallest absolute Gasteiger partial charge is 0.411 e. The second-order valence-corrected chi connectivity index (χ2v) is 5.61. The Hall–Kier alpha value is -1.47. The molecule has 20 heavy (non-hydrogen) atoms. The largest absolute Gasteiger partial charge is 0.481 e. The highest BCUT2D eigenvalue weighted by Crippen LogP contribution is 2.49. The van der Waals surface area contributed by atoms with E-state index in [4.69, 9.17) is 5.11 Å². The number of likely N-dealkylation sites (tertiary alicyclic amines) is 1. The highest BCUT2D eigenvalue weighted by molar-refractivity contribution is 5.77. The predicted octanol–water partition coefficient (Wildman–Crippen LogP) is 1.98. The number of urea groups is 1. The molecule has 5 nitrogen and oxygen atoms in total. The summed E-state index contributed by atoms with van der Waals surface area (Å²) in [5.41, 5.74) is -2.08. The lowest BCUT2D eigenvalue weighted by Crippen LogP contribution is -2.56. The van der Waals surface area contributed by atoms with Crippen molar-refractivity contribution in [3.63, 3.8) is 0 Å². The molecule has 2 unspecified atom stereocenters. The predicted molar refractivity (Wildman–Crippen MR) is 63.1 cm³/mol. The summed E-state index contributed by atoms with van der Waals surface area (Å²) in [7, 11) is 0. The number of alkyl halides is 3. The first kappa shape index (κ1) is 14.9. The van der Waals surface area contributed by atoms with Crippen LogP contribution in [0.2, 0.25) is 0 Å². The summed E-state index contributed by atoms with van der Waals surface area (Å²) in [4.78, 5) is 24.1. The fourth-order valence-corrected chi connectivity index (χ4v) is 2.58. The Labute approximate surface area is 114 Å². The van der Waals surface area contributed by atoms with Gasteiger partial charge in [-0.3, -0.25) is 4.79 Å². The van der Waals surface area contributed by atoms with E-state index in [2.05, 4.69) is 5.32 Å². The van der Waals surface area contributed by atoms with Gasteiger partial charge in [0.15, 0.2) is 0 Å². The minimum absolute atomic E-state index is 0.0950. The summed E-state index contributed by atoms with van der Waals surface area (Å²) >= 11 is 0. The molecule has 0 aromatic rings. The van der Waals surface area contributed by atoms with Crippen LogP contribution in [0, 0.1) is 5.92 Å². The van der Waals surface area contributed by atoms with Gasteiger partial charge < -0.3 is 15.3 Å². The number of carboxylic acids is 1. The molecule has 2 fully saturated rings. The maximum absolute atomic E-state index is 12.8. The van der Waals surface area contributed by atoms with Crippen molar-refractivity contribution in [2.75, 3.05) is 6.54 Å². The lowest BCUT2D eigenvalue weighted by Gasteiger charge is -2.37. The molecule has 1 aliphatic carbocycles. The van der Waals surface area contributed by atoms with Gasteiger partial charge >= 0.3 is 18.2 Å². The number of hydrogen-bond donors (Lipinski definition) is 2. The first-order chi connectivity index (χ1) is 9.16. The number of piperidine rings is 1. The summed E-state index contributed by atoms with van der Waals surface area (Å²) in [6.45, 7) is 1.82. The van der Waals surface area contributed by atoms with Crippen molar-refractivity contribution in [1.29, 1.82) is 0 Å². The molecule has 1 heterocycles. The maximum Gasteiger partial charge on any atom is 0.411 e. The van der Waals surface area contributed by atoms with Crippen molar-refractivity contribution >= 4 is 12.0 Å². The fraction of sp³-hybridized carbons (Fsp3) is 0.833. The molecule has 2 aliphatic rings. The monoisotopic (exact) mass is 294 g/mol. The van der Waals surface area contributed by atoms with Crippen LogP contribution in [0.4, 0.5) is 18.0 Å². The molecule has 2 N–H and O–H groups in total. The second-order valence-electron chi connectivity index (χ2n) is 5.61. The normalized spacial score (nSPS) is 28.9. The molecule has 0 aromatic heterocycles. The highest BCUT2D eigenvalue weighted by Gasteiger charge is 2.64. The van der Waals surface area contributed by atoms with Crippen LogP contribution in [0.25, 0.3) is 0 Å². The van der Waals surface area contributed by atoms with Gasteiger partial charge in [0, 0.05) is 12.6 Å². The molecule has 0 aromatic carbocycles. The Morgan fingerprint density at radius 3 is 2.35 bits per heavy atom. The number of rotatable bonds is 2. The van der Waals surface area contributed by atoms with E-state index >= 15 is 0 Å². The van der Waals surface area contributed by atoms with Gasteiger partial charge in [0.05, 0.1) is 5.92 Å². The number of nitrogens with zero attached hydrogens (tertiary/aromatic N) is 1. The standard InChI is InChI=1S/C12H17F3N2O3/c1-7-6-8(9(18)19)2-5-17(7)10(20)16-11(3-4-11)12(13,14)15/h7-8H,2-6H2,1H3,(H,16,20)(H,18,19). The summed E-state index contributed by atoms with van der Waals surface area (Å²) in [6, 6.07) is -1.13. The number of nitrogens with one attached hydrogen (secondary N) is 1. The first-order valence-corrected chi connectivity index (χ1v) is 6.54. The zero-order chi connectivity index (χ0) is 15.1. The number of halogens is 3. The van der Waals surface area contributed by atoms with E-state index in [0.29, 0.717) is 0 Å². The number of aliphatic carboxylic acids is 1. The Morgan fingerprint density at radius 1 is 1.35 bits per heavy atom. The van der Waals surface area contributed by atoms with Gasteiger partial charge in [-0.2, -0.15) is 13.2 Å². The van der Waals surface area contributed by atoms with E-state index in [0.717, 1.165) is 0 Å². The molecule has 0 radical (unpaired) electrons. The molecule has 0 bridgehead atoms. The van der Waals surface area contributed by atoms with Gasteiger partial charge in [-0.15, -0.1) is 0 Å². The van der Waals surface area contributed by atoms with Crippen molar-refractivity contribution in [3.05, 3.63) is 0 Å². The lowest BCUT2D eigenvalue weighted by atomic mass is 9.92. The van der Waals surface area contributed by atoms with Gasteiger partial charge in [-0.1, -0.05) is 0 Å². The summed E-state index contributed by atoms with van der Waals surface area (Å²) in [5, 5.41) is 11.0. The number of carbonyl (C=O) groups excluding carboxylic acids is 1. The minimum atomic E-state index is -4.44. The Morgan fingerprint density at radius 2 is 1.95 bits per heavy atom. The van der Waals surface area contributed by atoms with Crippen molar-refractivity contribution < 1.29 is 27.9 Å². The Bertz CT molecular complexity index is 421. The molecule has 1 aliphatic heterocycles. The molecule has 1 saturated heterocycles. The molecule has 114 valence electrons. The van der Waals surface area contributed by atoms with E-state index in [1.807, 2.05) is 0 Å². The Kier molecular flexibility index (Phi) is 3.60. The zero-order valence-corrected chi connectivity index (χ0v) is 11.0. The van der Waals surface area contributed by atoms with Crippen molar-refractivity contribution in [2.45, 2.75) is 50.4 Å². The molecular formula is C12H17F3N2O3. The van der Waals surface area contributed by atoms with Crippen LogP contribution in [0.1, 0.15) is 32.6 Å². The van der Waals surface area contributed by atoms with Gasteiger partial charge in [-0.05, 0) is 32.6 Å². The van der Waals surface area contributed by atoms with Crippen molar-refractivity contribution in [3.8, 4) is 0 Å². The molecule has 1 saturated carbocycles. The summed E-state index contributed by atoms with van der Waals surface area (Å²) in [5.74, 6) is -1.46. The second kappa shape index (κ2) is 4.82. The van der Waals surface area contributed by atoms with Crippen LogP contribution in [0.15, 0.2) is 0 Å². The third kappa shape index (κ3) is 2.69. The minimum Gasteiger partial charge on any atom is -0.481 e. The highest BCUT2D eigenvalue weighted by atomic mass is 19.4. The molecule has 2 atom stereocenters. The average molecular weight is 294 g/mol. The van der Waals surface area contributed by atoms with Gasteiger partial charge in [0.2, 0.25) is 0 Å². The van der Waals surface area contributed by atoms with E-state index in [9.17, 15) is 22.8 Å². The van der Waals surface area contributed by atoms with E-state index < -0.39 is 29.6 Å². The third-order valence-electron chi connectivity index (χ3n) is 4.13. The number of carboxylic acid groups (broad SMARTS) is 1. The molecular weight excluding hydrogens is 277 g/mol. The van der Waals surface area contributed by atoms with Crippen molar-refractivity contribution in [1.82, 2.24) is 10.2 Å². The number of carbonyl (C=O) groups is 2. The van der Waals surface area contributed by atoms with Crippen molar-refractivity contribution in [2.24, 2.45) is 5.92 Å². The number of hydrogen-bond acceptors (Lipinski definition) is 2. The topological polar surface area (TPSA) is 69.6 Å².